The van der Waals surface area contributed by atoms with Crippen LogP contribution in [0.25, 0.3) is 0 Å². The zero-order valence-electron chi connectivity index (χ0n) is 12.0. The molecule has 1 N–H and O–H groups in total. The molecule has 1 aromatic rings. The third-order valence-electron chi connectivity index (χ3n) is 3.43. The number of hydrogen-bond acceptors (Lipinski definition) is 3. The van der Waals surface area contributed by atoms with Gasteiger partial charge in [0.2, 0.25) is 0 Å². The number of rotatable bonds is 6. The van der Waals surface area contributed by atoms with Gasteiger partial charge in [0.1, 0.15) is 5.75 Å². The van der Waals surface area contributed by atoms with Crippen molar-refractivity contribution in [2.75, 3.05) is 13.2 Å². The molecule has 21 heavy (non-hydrogen) atoms. The Bertz CT molecular complexity index is 445. The van der Waals surface area contributed by atoms with Crippen molar-refractivity contribution in [2.24, 2.45) is 0 Å². The van der Waals surface area contributed by atoms with E-state index in [1.54, 1.807) is 12.1 Å². The first kappa shape index (κ1) is 16.1. The van der Waals surface area contributed by atoms with E-state index in [0.717, 1.165) is 19.3 Å². The van der Waals surface area contributed by atoms with E-state index >= 15 is 0 Å². The van der Waals surface area contributed by atoms with Crippen molar-refractivity contribution in [1.29, 1.82) is 0 Å². The third kappa shape index (κ3) is 4.61. The topological polar surface area (TPSA) is 30.5 Å². The van der Waals surface area contributed by atoms with Gasteiger partial charge in [-0.25, -0.2) is 0 Å². The summed E-state index contributed by atoms with van der Waals surface area (Å²) in [4.78, 5) is 0. The fourth-order valence-electron chi connectivity index (χ4n) is 2.56. The lowest BCUT2D eigenvalue weighted by molar-refractivity contribution is -0.275. The van der Waals surface area contributed by atoms with E-state index in [-0.39, 0.29) is 17.9 Å². The Balaban J connectivity index is 2.25. The molecule has 3 nitrogen and oxygen atoms in total. The van der Waals surface area contributed by atoms with Crippen molar-refractivity contribution in [3.63, 3.8) is 0 Å². The molecule has 0 bridgehead atoms. The van der Waals surface area contributed by atoms with E-state index in [1.165, 1.54) is 12.1 Å². The molecule has 1 fully saturated rings. The smallest absolute Gasteiger partial charge is 0.405 e. The highest BCUT2D eigenvalue weighted by atomic mass is 19.4. The monoisotopic (exact) mass is 303 g/mol. The van der Waals surface area contributed by atoms with E-state index in [9.17, 15) is 13.2 Å². The Kier molecular flexibility index (Phi) is 5.47. The van der Waals surface area contributed by atoms with Gasteiger partial charge in [0.05, 0.1) is 12.1 Å². The Hall–Kier alpha value is -1.27. The highest BCUT2D eigenvalue weighted by Crippen LogP contribution is 2.35. The minimum atomic E-state index is -4.69. The van der Waals surface area contributed by atoms with Gasteiger partial charge >= 0.3 is 6.36 Å². The summed E-state index contributed by atoms with van der Waals surface area (Å²) in [7, 11) is 0. The van der Waals surface area contributed by atoms with Gasteiger partial charge in [-0.05, 0) is 31.9 Å². The van der Waals surface area contributed by atoms with Crippen LogP contribution >= 0.6 is 0 Å². The molecule has 0 spiro atoms. The Morgan fingerprint density at radius 1 is 1.38 bits per heavy atom. The third-order valence-corrected chi connectivity index (χ3v) is 3.43. The highest BCUT2D eigenvalue weighted by Gasteiger charge is 2.35. The molecular formula is C15H20F3NO2. The van der Waals surface area contributed by atoms with Crippen molar-refractivity contribution in [3.05, 3.63) is 29.8 Å². The molecule has 2 unspecified atom stereocenters. The minimum absolute atomic E-state index is 0.116. The summed E-state index contributed by atoms with van der Waals surface area (Å²) in [5.41, 5.74) is 0.496. The first-order chi connectivity index (χ1) is 10.0. The molecule has 118 valence electrons. The minimum Gasteiger partial charge on any atom is -0.405 e. The number of ether oxygens (including phenoxy) is 2. The van der Waals surface area contributed by atoms with Crippen LogP contribution in [0, 0.1) is 0 Å². The van der Waals surface area contributed by atoms with Gasteiger partial charge < -0.3 is 14.8 Å². The Morgan fingerprint density at radius 3 is 2.76 bits per heavy atom. The average molecular weight is 303 g/mol. The second-order valence-corrected chi connectivity index (χ2v) is 5.07. The van der Waals surface area contributed by atoms with E-state index in [2.05, 4.69) is 10.1 Å². The van der Waals surface area contributed by atoms with Crippen molar-refractivity contribution in [3.8, 4) is 5.75 Å². The van der Waals surface area contributed by atoms with Crippen molar-refractivity contribution < 1.29 is 22.6 Å². The highest BCUT2D eigenvalue weighted by molar-refractivity contribution is 5.37. The van der Waals surface area contributed by atoms with Crippen LogP contribution in [0.2, 0.25) is 0 Å². The lowest BCUT2D eigenvalue weighted by Gasteiger charge is -2.26. The van der Waals surface area contributed by atoms with Crippen LogP contribution in [0.1, 0.15) is 37.8 Å². The van der Waals surface area contributed by atoms with Gasteiger partial charge in [-0.3, -0.25) is 0 Å². The fourth-order valence-corrected chi connectivity index (χ4v) is 2.56. The second-order valence-electron chi connectivity index (χ2n) is 5.07. The van der Waals surface area contributed by atoms with Gasteiger partial charge in [-0.2, -0.15) is 0 Å². The normalized spacial score (nSPS) is 20.5. The Labute approximate surface area is 122 Å². The fraction of sp³-hybridized carbons (Fsp3) is 0.600. The maximum Gasteiger partial charge on any atom is 0.573 e. The number of nitrogens with one attached hydrogen (secondary N) is 1. The van der Waals surface area contributed by atoms with Crippen LogP contribution < -0.4 is 10.1 Å². The summed E-state index contributed by atoms with van der Waals surface area (Å²) >= 11 is 0. The first-order valence-corrected chi connectivity index (χ1v) is 7.21. The predicted octanol–water partition coefficient (Wildman–Crippen LogP) is 3.80. The summed E-state index contributed by atoms with van der Waals surface area (Å²) in [5, 5.41) is 3.28. The van der Waals surface area contributed by atoms with Crippen LogP contribution in [0.3, 0.4) is 0 Å². The lowest BCUT2D eigenvalue weighted by atomic mass is 9.98. The predicted molar refractivity (Wildman–Crippen MR) is 73.1 cm³/mol. The molecule has 1 heterocycles. The average Bonchev–Trinajstić information content (AvgIpc) is 2.93. The molecule has 2 atom stereocenters. The van der Waals surface area contributed by atoms with Gasteiger partial charge in [-0.1, -0.05) is 25.1 Å². The van der Waals surface area contributed by atoms with Crippen LogP contribution in [0.5, 0.6) is 5.75 Å². The van der Waals surface area contributed by atoms with Crippen LogP contribution in [0.4, 0.5) is 13.2 Å². The van der Waals surface area contributed by atoms with E-state index in [4.69, 9.17) is 4.74 Å². The van der Waals surface area contributed by atoms with Gasteiger partial charge in [-0.15, -0.1) is 13.2 Å². The molecular weight excluding hydrogens is 283 g/mol. The zero-order chi connectivity index (χ0) is 15.3. The summed E-state index contributed by atoms with van der Waals surface area (Å²) in [6.07, 6.45) is -2.15. The number of halogens is 3. The van der Waals surface area contributed by atoms with Gasteiger partial charge in [0.25, 0.3) is 0 Å². The summed E-state index contributed by atoms with van der Waals surface area (Å²) in [6.45, 7) is 3.37. The number of hydrogen-bond donors (Lipinski definition) is 1. The second kappa shape index (κ2) is 7.13. The van der Waals surface area contributed by atoms with Crippen molar-refractivity contribution in [2.45, 2.75) is 44.7 Å². The molecule has 1 aliphatic heterocycles. The van der Waals surface area contributed by atoms with Crippen LogP contribution in [0.15, 0.2) is 24.3 Å². The molecule has 2 rings (SSSR count). The SMILES string of the molecule is CCCNC(c1ccccc1OC(F)(F)F)C1CCCO1. The molecule has 1 aromatic carbocycles. The molecule has 1 aliphatic rings. The molecule has 0 aliphatic carbocycles. The Morgan fingerprint density at radius 2 is 2.14 bits per heavy atom. The van der Waals surface area contributed by atoms with Crippen molar-refractivity contribution >= 4 is 0 Å². The van der Waals surface area contributed by atoms with E-state index < -0.39 is 6.36 Å². The molecule has 0 radical (unpaired) electrons. The van der Waals surface area contributed by atoms with Crippen LogP contribution in [-0.2, 0) is 4.74 Å². The maximum atomic E-state index is 12.5. The van der Waals surface area contributed by atoms with E-state index in [0.29, 0.717) is 18.7 Å². The standard InChI is InChI=1S/C15H20F3NO2/c1-2-9-19-14(13-8-5-10-20-13)11-6-3-4-7-12(11)21-15(16,17)18/h3-4,6-7,13-14,19H,2,5,8-10H2,1H3. The molecule has 0 amide bonds. The molecule has 0 aromatic heterocycles. The zero-order valence-corrected chi connectivity index (χ0v) is 12.0. The first-order valence-electron chi connectivity index (χ1n) is 7.21. The number of para-hydroxylation sites is 1. The maximum absolute atomic E-state index is 12.5. The van der Waals surface area contributed by atoms with Gasteiger partial charge in [0.15, 0.2) is 0 Å². The summed E-state index contributed by atoms with van der Waals surface area (Å²) < 4.78 is 47.4. The van der Waals surface area contributed by atoms with Crippen molar-refractivity contribution in [1.82, 2.24) is 5.32 Å². The quantitative estimate of drug-likeness (QED) is 0.867. The van der Waals surface area contributed by atoms with Gasteiger partial charge in [0, 0.05) is 12.2 Å². The summed E-state index contributed by atoms with van der Waals surface area (Å²) in [6, 6.07) is 5.98. The van der Waals surface area contributed by atoms with Crippen LogP contribution in [-0.4, -0.2) is 25.6 Å². The summed E-state index contributed by atoms with van der Waals surface area (Å²) in [5.74, 6) is -0.158. The lowest BCUT2D eigenvalue weighted by Crippen LogP contribution is -2.33. The number of benzene rings is 1. The largest absolute Gasteiger partial charge is 0.573 e. The molecule has 1 saturated heterocycles. The number of alkyl halides is 3. The molecule has 6 heteroatoms. The molecule has 0 saturated carbocycles. The van der Waals surface area contributed by atoms with E-state index in [1.807, 2.05) is 6.92 Å².